The summed E-state index contributed by atoms with van der Waals surface area (Å²) in [5, 5.41) is 4.79. The van der Waals surface area contributed by atoms with Crippen molar-refractivity contribution in [3.8, 4) is 0 Å². The van der Waals surface area contributed by atoms with E-state index in [-0.39, 0.29) is 16.6 Å². The summed E-state index contributed by atoms with van der Waals surface area (Å²) >= 11 is 1.22. The van der Waals surface area contributed by atoms with Gasteiger partial charge in [0.1, 0.15) is 0 Å². The van der Waals surface area contributed by atoms with E-state index < -0.39 is 9.84 Å². The molecular weight excluding hydrogens is 382 g/mol. The van der Waals surface area contributed by atoms with Gasteiger partial charge in [0.2, 0.25) is 5.91 Å². The van der Waals surface area contributed by atoms with Crippen LogP contribution in [0.15, 0.2) is 59.1 Å². The number of anilines is 1. The fourth-order valence-electron chi connectivity index (χ4n) is 2.44. The Kier molecular flexibility index (Phi) is 5.98. The molecule has 0 spiro atoms. The first-order valence-electron chi connectivity index (χ1n) is 8.35. The summed E-state index contributed by atoms with van der Waals surface area (Å²) in [4.78, 5) is 20.5. The molecule has 1 amide bonds. The lowest BCUT2D eigenvalue weighted by molar-refractivity contribution is -0.116. The SMILES string of the molecule is Cc1ccc(S(=O)(=O)Cc2csc(NC(=O)CCc3ccncc3)n2)cc1. The summed E-state index contributed by atoms with van der Waals surface area (Å²) in [5.74, 6) is -0.353. The van der Waals surface area contributed by atoms with Gasteiger partial charge in [-0.1, -0.05) is 17.7 Å². The Labute approximate surface area is 162 Å². The maximum absolute atomic E-state index is 12.5. The fourth-order valence-corrected chi connectivity index (χ4v) is 4.53. The summed E-state index contributed by atoms with van der Waals surface area (Å²) < 4.78 is 25.0. The van der Waals surface area contributed by atoms with Crippen LogP contribution >= 0.6 is 11.3 Å². The van der Waals surface area contributed by atoms with Gasteiger partial charge in [-0.15, -0.1) is 11.3 Å². The van der Waals surface area contributed by atoms with Crippen molar-refractivity contribution in [1.82, 2.24) is 9.97 Å². The van der Waals surface area contributed by atoms with Crippen molar-refractivity contribution in [2.45, 2.75) is 30.4 Å². The molecule has 0 atom stereocenters. The summed E-state index contributed by atoms with van der Waals surface area (Å²) in [6.45, 7) is 1.90. The highest BCUT2D eigenvalue weighted by atomic mass is 32.2. The molecule has 0 unspecified atom stereocenters. The lowest BCUT2D eigenvalue weighted by atomic mass is 10.1. The van der Waals surface area contributed by atoms with Gasteiger partial charge in [0, 0.05) is 24.2 Å². The highest BCUT2D eigenvalue weighted by Gasteiger charge is 2.17. The number of rotatable bonds is 7. The van der Waals surface area contributed by atoms with E-state index in [4.69, 9.17) is 0 Å². The second-order valence-electron chi connectivity index (χ2n) is 6.12. The van der Waals surface area contributed by atoms with Crippen molar-refractivity contribution in [3.05, 3.63) is 71.0 Å². The number of sulfone groups is 1. The van der Waals surface area contributed by atoms with E-state index in [0.29, 0.717) is 23.7 Å². The average Bonchev–Trinajstić information content (AvgIpc) is 3.07. The lowest BCUT2D eigenvalue weighted by Gasteiger charge is -2.03. The number of pyridine rings is 1. The molecule has 6 nitrogen and oxygen atoms in total. The summed E-state index contributed by atoms with van der Waals surface area (Å²) in [5.41, 5.74) is 2.45. The van der Waals surface area contributed by atoms with Crippen molar-refractivity contribution in [3.63, 3.8) is 0 Å². The zero-order valence-electron chi connectivity index (χ0n) is 14.8. The predicted octanol–water partition coefficient (Wildman–Crippen LogP) is 3.39. The third-order valence-electron chi connectivity index (χ3n) is 3.91. The lowest BCUT2D eigenvalue weighted by Crippen LogP contribution is -2.12. The van der Waals surface area contributed by atoms with Crippen molar-refractivity contribution in [2.75, 3.05) is 5.32 Å². The molecule has 0 aliphatic heterocycles. The van der Waals surface area contributed by atoms with Crippen LogP contribution in [0.25, 0.3) is 0 Å². The Hall–Kier alpha value is -2.58. The van der Waals surface area contributed by atoms with E-state index in [1.807, 2.05) is 19.1 Å². The number of benzene rings is 1. The van der Waals surface area contributed by atoms with Gasteiger partial charge < -0.3 is 5.32 Å². The van der Waals surface area contributed by atoms with Gasteiger partial charge >= 0.3 is 0 Å². The Balaban J connectivity index is 1.58. The molecule has 2 aromatic heterocycles. The monoisotopic (exact) mass is 401 g/mol. The summed E-state index contributed by atoms with van der Waals surface area (Å²) in [6, 6.07) is 10.5. The highest BCUT2D eigenvalue weighted by Crippen LogP contribution is 2.21. The number of nitrogens with zero attached hydrogens (tertiary/aromatic N) is 2. The van der Waals surface area contributed by atoms with E-state index in [1.165, 1.54) is 11.3 Å². The first kappa shape index (κ1) is 19.2. The zero-order valence-corrected chi connectivity index (χ0v) is 16.4. The van der Waals surface area contributed by atoms with Gasteiger partial charge in [0.05, 0.1) is 16.3 Å². The van der Waals surface area contributed by atoms with E-state index >= 15 is 0 Å². The normalized spacial score (nSPS) is 11.3. The zero-order chi connectivity index (χ0) is 19.3. The van der Waals surface area contributed by atoms with Crippen LogP contribution in [0.1, 0.15) is 23.2 Å². The highest BCUT2D eigenvalue weighted by molar-refractivity contribution is 7.90. The van der Waals surface area contributed by atoms with Crippen molar-refractivity contribution in [2.24, 2.45) is 0 Å². The van der Waals surface area contributed by atoms with Crippen molar-refractivity contribution in [1.29, 1.82) is 0 Å². The van der Waals surface area contributed by atoms with Crippen molar-refractivity contribution < 1.29 is 13.2 Å². The maximum atomic E-state index is 12.5. The van der Waals surface area contributed by atoms with Gasteiger partial charge in [0.15, 0.2) is 15.0 Å². The molecule has 3 rings (SSSR count). The molecule has 1 aromatic carbocycles. The molecule has 3 aromatic rings. The molecule has 0 radical (unpaired) electrons. The number of carbonyl (C=O) groups is 1. The predicted molar refractivity (Wildman–Crippen MR) is 105 cm³/mol. The minimum Gasteiger partial charge on any atom is -0.302 e. The molecule has 0 aliphatic carbocycles. The Morgan fingerprint density at radius 1 is 1.11 bits per heavy atom. The standard InChI is InChI=1S/C19H19N3O3S2/c1-14-2-5-17(6-3-14)27(24,25)13-16-12-26-19(21-16)22-18(23)7-4-15-8-10-20-11-9-15/h2-3,5-6,8-12H,4,7,13H2,1H3,(H,21,22,23). The molecule has 0 saturated carbocycles. The van der Waals surface area contributed by atoms with E-state index in [1.54, 1.807) is 42.0 Å². The third kappa shape index (κ3) is 5.45. The van der Waals surface area contributed by atoms with Crippen LogP contribution in [0.4, 0.5) is 5.13 Å². The van der Waals surface area contributed by atoms with E-state index in [2.05, 4.69) is 15.3 Å². The number of carbonyl (C=O) groups excluding carboxylic acids is 1. The second kappa shape index (κ2) is 8.41. The molecule has 2 heterocycles. The molecule has 140 valence electrons. The minimum absolute atomic E-state index is 0.158. The number of hydrogen-bond acceptors (Lipinski definition) is 6. The number of hydrogen-bond donors (Lipinski definition) is 1. The third-order valence-corrected chi connectivity index (χ3v) is 6.38. The summed E-state index contributed by atoms with van der Waals surface area (Å²) in [6.07, 6.45) is 4.30. The van der Waals surface area contributed by atoms with Crippen LogP contribution in [0, 0.1) is 6.92 Å². The van der Waals surface area contributed by atoms with Crippen LogP contribution < -0.4 is 5.32 Å². The van der Waals surface area contributed by atoms with Crippen LogP contribution in [0.2, 0.25) is 0 Å². The topological polar surface area (TPSA) is 89.0 Å². The fraction of sp³-hybridized carbons (Fsp3) is 0.211. The maximum Gasteiger partial charge on any atom is 0.226 e. The minimum atomic E-state index is -3.47. The molecule has 0 fully saturated rings. The molecule has 8 heteroatoms. The second-order valence-corrected chi connectivity index (χ2v) is 8.97. The van der Waals surface area contributed by atoms with E-state index in [0.717, 1.165) is 11.1 Å². The first-order chi connectivity index (χ1) is 12.9. The smallest absolute Gasteiger partial charge is 0.226 e. The van der Waals surface area contributed by atoms with Crippen molar-refractivity contribution >= 4 is 32.2 Å². The van der Waals surface area contributed by atoms with Gasteiger partial charge in [-0.05, 0) is 43.2 Å². The van der Waals surface area contributed by atoms with E-state index in [9.17, 15) is 13.2 Å². The Morgan fingerprint density at radius 3 is 2.52 bits per heavy atom. The van der Waals surface area contributed by atoms with Crippen LogP contribution in [-0.4, -0.2) is 24.3 Å². The number of amides is 1. The quantitative estimate of drug-likeness (QED) is 0.655. The molecule has 27 heavy (non-hydrogen) atoms. The van der Waals surface area contributed by atoms with Gasteiger partial charge in [-0.3, -0.25) is 9.78 Å². The molecular formula is C19H19N3O3S2. The molecule has 0 aliphatic rings. The average molecular weight is 402 g/mol. The molecule has 0 bridgehead atoms. The van der Waals surface area contributed by atoms with Crippen LogP contribution in [-0.2, 0) is 26.8 Å². The Bertz CT molecular complexity index is 1010. The van der Waals surface area contributed by atoms with Gasteiger partial charge in [-0.2, -0.15) is 0 Å². The summed E-state index contributed by atoms with van der Waals surface area (Å²) in [7, 11) is -3.47. The number of aryl methyl sites for hydroxylation is 2. The number of thiazole rings is 1. The molecule has 1 N–H and O–H groups in total. The van der Waals surface area contributed by atoms with Gasteiger partial charge in [-0.25, -0.2) is 13.4 Å². The molecule has 0 saturated heterocycles. The van der Waals surface area contributed by atoms with Gasteiger partial charge in [0.25, 0.3) is 0 Å². The van der Waals surface area contributed by atoms with Crippen LogP contribution in [0.5, 0.6) is 0 Å². The Morgan fingerprint density at radius 2 is 1.81 bits per heavy atom. The van der Waals surface area contributed by atoms with Crippen LogP contribution in [0.3, 0.4) is 0 Å². The first-order valence-corrected chi connectivity index (χ1v) is 10.9. The number of aromatic nitrogens is 2. The number of nitrogens with one attached hydrogen (secondary N) is 1. The largest absolute Gasteiger partial charge is 0.302 e.